The molecule has 2 aliphatic carbocycles. The van der Waals surface area contributed by atoms with Crippen molar-refractivity contribution in [2.75, 3.05) is 26.4 Å². The number of hydrogen-bond donors (Lipinski definition) is 0. The fourth-order valence-electron chi connectivity index (χ4n) is 4.58. The van der Waals surface area contributed by atoms with Gasteiger partial charge < -0.3 is 23.7 Å². The largest absolute Gasteiger partial charge is 0.502 e. The molecule has 0 aromatic heterocycles. The summed E-state index contributed by atoms with van der Waals surface area (Å²) in [4.78, 5) is 0. The fraction of sp³-hybridized carbons (Fsp3) is 0.667. The van der Waals surface area contributed by atoms with E-state index in [2.05, 4.69) is 26.3 Å². The van der Waals surface area contributed by atoms with Crippen molar-refractivity contribution in [3.05, 3.63) is 51.4 Å². The van der Waals surface area contributed by atoms with E-state index in [0.29, 0.717) is 25.0 Å². The summed E-state index contributed by atoms with van der Waals surface area (Å²) >= 11 is 0. The first-order chi connectivity index (χ1) is 14.1. The summed E-state index contributed by atoms with van der Waals surface area (Å²) in [7, 11) is 0. The molecule has 2 aliphatic rings. The first kappa shape index (κ1) is 23.4. The molecule has 0 aliphatic heterocycles. The summed E-state index contributed by atoms with van der Waals surface area (Å²) in [6, 6.07) is 0. The Morgan fingerprint density at radius 3 is 1.24 bits per heavy atom. The zero-order valence-corrected chi connectivity index (χ0v) is 17.8. The van der Waals surface area contributed by atoms with E-state index >= 15 is 0 Å². The third kappa shape index (κ3) is 7.14. The standard InChI is InChI=1S/C24H38O5/c1-5-25-17-21-9-13-23(14-10-21,19-27-7-3)29-24(20-28-8-4)15-11-22(12-16-24)18-26-6-2/h5-8,21-22H,1-4,9-20H2. The van der Waals surface area contributed by atoms with Crippen molar-refractivity contribution in [3.63, 3.8) is 0 Å². The van der Waals surface area contributed by atoms with Crippen LogP contribution in [0, 0.1) is 11.8 Å². The summed E-state index contributed by atoms with van der Waals surface area (Å²) in [6.45, 7) is 17.2. The van der Waals surface area contributed by atoms with Crippen LogP contribution in [-0.2, 0) is 23.7 Å². The molecular weight excluding hydrogens is 368 g/mol. The smallest absolute Gasteiger partial charge is 0.116 e. The van der Waals surface area contributed by atoms with Gasteiger partial charge in [-0.25, -0.2) is 0 Å². The summed E-state index contributed by atoms with van der Waals surface area (Å²) < 4.78 is 29.1. The Hall–Kier alpha value is -1.88. The van der Waals surface area contributed by atoms with Crippen LogP contribution in [0.4, 0.5) is 0 Å². The summed E-state index contributed by atoms with van der Waals surface area (Å²) in [5, 5.41) is 0. The maximum atomic E-state index is 6.95. The normalized spacial score (nSPS) is 31.9. The third-order valence-corrected chi connectivity index (χ3v) is 6.29. The molecule has 2 saturated carbocycles. The van der Waals surface area contributed by atoms with Crippen LogP contribution in [-0.4, -0.2) is 37.6 Å². The first-order valence-electron chi connectivity index (χ1n) is 10.7. The highest BCUT2D eigenvalue weighted by atomic mass is 16.6. The van der Waals surface area contributed by atoms with E-state index in [9.17, 15) is 0 Å². The van der Waals surface area contributed by atoms with E-state index in [0.717, 1.165) is 64.6 Å². The van der Waals surface area contributed by atoms with Crippen molar-refractivity contribution < 1.29 is 23.7 Å². The quantitative estimate of drug-likeness (QED) is 0.356. The van der Waals surface area contributed by atoms with Gasteiger partial charge in [0.25, 0.3) is 0 Å². The lowest BCUT2D eigenvalue weighted by atomic mass is 9.76. The molecule has 29 heavy (non-hydrogen) atoms. The second-order valence-corrected chi connectivity index (χ2v) is 8.31. The zero-order chi connectivity index (χ0) is 21.0. The summed E-state index contributed by atoms with van der Waals surface area (Å²) in [6.07, 6.45) is 14.0. The zero-order valence-electron chi connectivity index (χ0n) is 17.8. The van der Waals surface area contributed by atoms with Gasteiger partial charge in [-0.15, -0.1) is 0 Å². The van der Waals surface area contributed by atoms with E-state index in [1.165, 1.54) is 25.0 Å². The number of hydrogen-bond acceptors (Lipinski definition) is 5. The Labute approximate surface area is 176 Å². The predicted octanol–water partition coefficient (Wildman–Crippen LogP) is 5.50. The van der Waals surface area contributed by atoms with Crippen molar-refractivity contribution in [2.24, 2.45) is 11.8 Å². The topological polar surface area (TPSA) is 46.2 Å². The van der Waals surface area contributed by atoms with E-state index < -0.39 is 0 Å². The molecule has 0 aromatic carbocycles. The lowest BCUT2D eigenvalue weighted by molar-refractivity contribution is -0.220. The van der Waals surface area contributed by atoms with Gasteiger partial charge in [0.1, 0.15) is 24.4 Å². The van der Waals surface area contributed by atoms with Gasteiger partial charge in [0.15, 0.2) is 0 Å². The minimum Gasteiger partial charge on any atom is -0.502 e. The second-order valence-electron chi connectivity index (χ2n) is 8.31. The Morgan fingerprint density at radius 1 is 0.586 bits per heavy atom. The predicted molar refractivity (Wildman–Crippen MR) is 115 cm³/mol. The summed E-state index contributed by atoms with van der Waals surface area (Å²) in [5.41, 5.74) is -0.651. The van der Waals surface area contributed by atoms with Gasteiger partial charge in [-0.05, 0) is 63.2 Å². The van der Waals surface area contributed by atoms with Gasteiger partial charge in [0.05, 0.1) is 38.3 Å². The first-order valence-corrected chi connectivity index (χ1v) is 10.7. The van der Waals surface area contributed by atoms with Crippen LogP contribution >= 0.6 is 0 Å². The highest BCUT2D eigenvalue weighted by molar-refractivity contribution is 4.96. The van der Waals surface area contributed by atoms with E-state index in [-0.39, 0.29) is 11.2 Å². The average Bonchev–Trinajstić information content (AvgIpc) is 2.76. The van der Waals surface area contributed by atoms with E-state index in [4.69, 9.17) is 23.7 Å². The Morgan fingerprint density at radius 2 is 0.931 bits per heavy atom. The molecule has 0 bridgehead atoms. The molecule has 2 rings (SSSR count). The lowest BCUT2D eigenvalue weighted by Crippen LogP contribution is -2.53. The molecule has 0 unspecified atom stereocenters. The van der Waals surface area contributed by atoms with Crippen molar-refractivity contribution in [2.45, 2.75) is 62.6 Å². The maximum absolute atomic E-state index is 6.95. The van der Waals surface area contributed by atoms with Crippen LogP contribution in [0.15, 0.2) is 51.4 Å². The van der Waals surface area contributed by atoms with Gasteiger partial charge in [-0.1, -0.05) is 26.3 Å². The van der Waals surface area contributed by atoms with Crippen molar-refractivity contribution in [3.8, 4) is 0 Å². The Balaban J connectivity index is 2.06. The van der Waals surface area contributed by atoms with E-state index in [1.54, 1.807) is 0 Å². The molecule has 5 nitrogen and oxygen atoms in total. The minimum atomic E-state index is -0.326. The van der Waals surface area contributed by atoms with Crippen LogP contribution in [0.1, 0.15) is 51.4 Å². The Bertz CT molecular complexity index is 467. The van der Waals surface area contributed by atoms with Crippen LogP contribution < -0.4 is 0 Å². The molecule has 0 saturated heterocycles. The summed E-state index contributed by atoms with van der Waals surface area (Å²) in [5.74, 6) is 1.06. The van der Waals surface area contributed by atoms with Gasteiger partial charge in [0.2, 0.25) is 0 Å². The molecular formula is C24H38O5. The minimum absolute atomic E-state index is 0.326. The molecule has 0 amide bonds. The molecule has 0 atom stereocenters. The highest BCUT2D eigenvalue weighted by Crippen LogP contribution is 2.44. The van der Waals surface area contributed by atoms with Gasteiger partial charge >= 0.3 is 0 Å². The monoisotopic (exact) mass is 406 g/mol. The Kier molecular flexibility index (Phi) is 9.65. The molecule has 164 valence electrons. The van der Waals surface area contributed by atoms with Crippen molar-refractivity contribution in [1.82, 2.24) is 0 Å². The van der Waals surface area contributed by atoms with Crippen LogP contribution in [0.3, 0.4) is 0 Å². The van der Waals surface area contributed by atoms with Gasteiger partial charge in [-0.3, -0.25) is 0 Å². The number of rotatable bonds is 14. The molecule has 2 fully saturated rings. The molecule has 0 spiro atoms. The molecule has 0 N–H and O–H groups in total. The van der Waals surface area contributed by atoms with Gasteiger partial charge in [0, 0.05) is 0 Å². The lowest BCUT2D eigenvalue weighted by Gasteiger charge is -2.48. The van der Waals surface area contributed by atoms with Crippen LogP contribution in [0.25, 0.3) is 0 Å². The SMILES string of the molecule is C=COCC1CCC(COC=C)(OC2(COC=C)CCC(COC=C)CC2)CC1. The van der Waals surface area contributed by atoms with Crippen molar-refractivity contribution in [1.29, 1.82) is 0 Å². The van der Waals surface area contributed by atoms with Gasteiger partial charge in [-0.2, -0.15) is 0 Å². The fourth-order valence-corrected chi connectivity index (χ4v) is 4.58. The molecule has 0 radical (unpaired) electrons. The average molecular weight is 407 g/mol. The maximum Gasteiger partial charge on any atom is 0.116 e. The van der Waals surface area contributed by atoms with Crippen molar-refractivity contribution >= 4 is 0 Å². The molecule has 0 heterocycles. The highest BCUT2D eigenvalue weighted by Gasteiger charge is 2.46. The number of ether oxygens (including phenoxy) is 5. The van der Waals surface area contributed by atoms with Crippen LogP contribution in [0.5, 0.6) is 0 Å². The molecule has 5 heteroatoms. The molecule has 0 aromatic rings. The third-order valence-electron chi connectivity index (χ3n) is 6.29. The van der Waals surface area contributed by atoms with E-state index in [1.807, 2.05) is 0 Å². The van der Waals surface area contributed by atoms with Crippen LogP contribution in [0.2, 0.25) is 0 Å². The second kappa shape index (κ2) is 12.0.